The van der Waals surface area contributed by atoms with Crippen molar-refractivity contribution in [2.45, 2.75) is 10.6 Å². The fourth-order valence-corrected chi connectivity index (χ4v) is 2.79. The van der Waals surface area contributed by atoms with Crippen LogP contribution in [0.1, 0.15) is 5.56 Å². The van der Waals surface area contributed by atoms with E-state index in [4.69, 9.17) is 4.55 Å². The molecule has 0 aliphatic rings. The van der Waals surface area contributed by atoms with Gasteiger partial charge in [-0.25, -0.2) is 12.7 Å². The third kappa shape index (κ3) is 3.77. The second-order valence-electron chi connectivity index (χ2n) is 3.66. The van der Waals surface area contributed by atoms with Gasteiger partial charge in [0.1, 0.15) is 5.75 Å². The molecule has 0 fully saturated rings. The van der Waals surface area contributed by atoms with Crippen molar-refractivity contribution in [3.8, 4) is 0 Å². The molecule has 0 aromatic heterocycles. The Bertz CT molecular complexity index is 604. The van der Waals surface area contributed by atoms with Crippen molar-refractivity contribution in [1.82, 2.24) is 4.31 Å². The molecule has 0 saturated heterocycles. The van der Waals surface area contributed by atoms with Crippen LogP contribution in [0.3, 0.4) is 0 Å². The fraction of sp³-hybridized carbons (Fsp3) is 0.333. The topological polar surface area (TPSA) is 91.8 Å². The first-order chi connectivity index (χ1) is 7.63. The van der Waals surface area contributed by atoms with Crippen LogP contribution in [-0.4, -0.2) is 39.8 Å². The van der Waals surface area contributed by atoms with Gasteiger partial charge in [-0.05, 0) is 17.7 Å². The molecule has 0 spiro atoms. The normalized spacial score (nSPS) is 12.9. The number of hydrogen-bond acceptors (Lipinski definition) is 4. The number of nitrogens with zero attached hydrogens (tertiary/aromatic N) is 1. The average Bonchev–Trinajstić information content (AvgIpc) is 2.15. The zero-order valence-electron chi connectivity index (χ0n) is 9.36. The summed E-state index contributed by atoms with van der Waals surface area (Å²) in [5, 5.41) is 0. The Balaban J connectivity index is 3.20. The molecule has 0 saturated carbocycles. The molecule has 17 heavy (non-hydrogen) atoms. The van der Waals surface area contributed by atoms with Gasteiger partial charge in [-0.3, -0.25) is 4.55 Å². The molecule has 0 aliphatic heterocycles. The second kappa shape index (κ2) is 4.73. The highest BCUT2D eigenvalue weighted by Crippen LogP contribution is 2.16. The lowest BCUT2D eigenvalue weighted by Crippen LogP contribution is -2.22. The van der Waals surface area contributed by atoms with E-state index in [9.17, 15) is 16.8 Å². The highest BCUT2D eigenvalue weighted by Gasteiger charge is 2.18. The molecule has 0 atom stereocenters. The van der Waals surface area contributed by atoms with Crippen LogP contribution in [0.5, 0.6) is 0 Å². The zero-order chi connectivity index (χ0) is 13.3. The predicted octanol–water partition coefficient (Wildman–Crippen LogP) is 0.325. The molecule has 1 aromatic rings. The summed E-state index contributed by atoms with van der Waals surface area (Å²) < 4.78 is 54.6. The van der Waals surface area contributed by atoms with E-state index in [1.54, 1.807) is 0 Å². The minimum atomic E-state index is -4.17. The third-order valence-corrected chi connectivity index (χ3v) is 4.54. The Hall–Kier alpha value is -0.960. The number of benzene rings is 1. The van der Waals surface area contributed by atoms with E-state index < -0.39 is 25.9 Å². The molecule has 0 bridgehead atoms. The van der Waals surface area contributed by atoms with Crippen molar-refractivity contribution in [3.05, 3.63) is 29.8 Å². The van der Waals surface area contributed by atoms with Crippen molar-refractivity contribution < 1.29 is 21.4 Å². The summed E-state index contributed by atoms with van der Waals surface area (Å²) in [6.45, 7) is 0. The number of hydrogen-bond donors (Lipinski definition) is 1. The van der Waals surface area contributed by atoms with Crippen LogP contribution in [0, 0.1) is 0 Å². The van der Waals surface area contributed by atoms with Crippen molar-refractivity contribution >= 4 is 20.1 Å². The number of sulfonamides is 1. The van der Waals surface area contributed by atoms with Crippen LogP contribution in [-0.2, 0) is 25.9 Å². The monoisotopic (exact) mass is 279 g/mol. The Morgan fingerprint density at radius 1 is 1.18 bits per heavy atom. The summed E-state index contributed by atoms with van der Waals surface area (Å²) >= 11 is 0. The van der Waals surface area contributed by atoms with Crippen LogP contribution in [0.4, 0.5) is 0 Å². The number of rotatable bonds is 4. The van der Waals surface area contributed by atoms with Crippen molar-refractivity contribution in [2.24, 2.45) is 0 Å². The first kappa shape index (κ1) is 14.1. The van der Waals surface area contributed by atoms with Crippen LogP contribution >= 0.6 is 0 Å². The van der Waals surface area contributed by atoms with Gasteiger partial charge in [0, 0.05) is 14.1 Å². The fourth-order valence-electron chi connectivity index (χ4n) is 1.22. The molecule has 6 nitrogen and oxygen atoms in total. The molecular weight excluding hydrogens is 266 g/mol. The Labute approximate surface area is 101 Å². The van der Waals surface area contributed by atoms with E-state index in [2.05, 4.69) is 0 Å². The lowest BCUT2D eigenvalue weighted by molar-refractivity contribution is 0.482. The maximum atomic E-state index is 11.8. The van der Waals surface area contributed by atoms with Crippen LogP contribution in [0.15, 0.2) is 29.2 Å². The first-order valence-electron chi connectivity index (χ1n) is 4.59. The second-order valence-corrected chi connectivity index (χ2v) is 7.27. The minimum absolute atomic E-state index is 0.0105. The SMILES string of the molecule is CN(C)S(=O)(=O)c1cccc(CS(=O)(=O)O)c1. The smallest absolute Gasteiger partial charge is 0.269 e. The van der Waals surface area contributed by atoms with Crippen LogP contribution in [0.25, 0.3) is 0 Å². The van der Waals surface area contributed by atoms with E-state index in [0.29, 0.717) is 0 Å². The quantitative estimate of drug-likeness (QED) is 0.802. The summed E-state index contributed by atoms with van der Waals surface area (Å²) in [6.07, 6.45) is 0. The first-order valence-corrected chi connectivity index (χ1v) is 7.64. The summed E-state index contributed by atoms with van der Waals surface area (Å²) in [7, 11) is -5.01. The molecule has 0 radical (unpaired) electrons. The Morgan fingerprint density at radius 2 is 1.76 bits per heavy atom. The molecule has 1 N–H and O–H groups in total. The Kier molecular flexibility index (Phi) is 3.92. The van der Waals surface area contributed by atoms with Gasteiger partial charge in [-0.1, -0.05) is 12.1 Å². The van der Waals surface area contributed by atoms with Gasteiger partial charge < -0.3 is 0 Å². The van der Waals surface area contributed by atoms with E-state index in [1.165, 1.54) is 38.4 Å². The summed E-state index contributed by atoms with van der Waals surface area (Å²) in [6, 6.07) is 5.45. The lowest BCUT2D eigenvalue weighted by Gasteiger charge is -2.11. The van der Waals surface area contributed by atoms with E-state index in [0.717, 1.165) is 4.31 Å². The molecule has 1 aromatic carbocycles. The largest absolute Gasteiger partial charge is 0.285 e. The molecular formula is C9H13NO5S2. The average molecular weight is 279 g/mol. The summed E-state index contributed by atoms with van der Waals surface area (Å²) in [5.74, 6) is -0.607. The summed E-state index contributed by atoms with van der Waals surface area (Å²) in [4.78, 5) is -0.0105. The zero-order valence-corrected chi connectivity index (χ0v) is 11.0. The molecule has 8 heteroatoms. The van der Waals surface area contributed by atoms with Crippen molar-refractivity contribution in [2.75, 3.05) is 14.1 Å². The van der Waals surface area contributed by atoms with Crippen LogP contribution < -0.4 is 0 Å². The van der Waals surface area contributed by atoms with E-state index in [-0.39, 0.29) is 10.5 Å². The molecule has 1 rings (SSSR count). The van der Waals surface area contributed by atoms with Crippen molar-refractivity contribution in [3.63, 3.8) is 0 Å². The third-order valence-electron chi connectivity index (χ3n) is 2.03. The van der Waals surface area contributed by atoms with Gasteiger partial charge in [-0.15, -0.1) is 0 Å². The van der Waals surface area contributed by atoms with Crippen LogP contribution in [0.2, 0.25) is 0 Å². The van der Waals surface area contributed by atoms with E-state index in [1.807, 2.05) is 0 Å². The van der Waals surface area contributed by atoms with Gasteiger partial charge in [0.15, 0.2) is 0 Å². The minimum Gasteiger partial charge on any atom is -0.285 e. The highest BCUT2D eigenvalue weighted by molar-refractivity contribution is 7.89. The molecule has 96 valence electrons. The van der Waals surface area contributed by atoms with Gasteiger partial charge >= 0.3 is 0 Å². The van der Waals surface area contributed by atoms with E-state index >= 15 is 0 Å². The van der Waals surface area contributed by atoms with Gasteiger partial charge in [0.25, 0.3) is 10.1 Å². The van der Waals surface area contributed by atoms with Gasteiger partial charge in [0.05, 0.1) is 4.90 Å². The maximum Gasteiger partial charge on any atom is 0.269 e. The van der Waals surface area contributed by atoms with Crippen molar-refractivity contribution in [1.29, 1.82) is 0 Å². The molecule has 0 unspecified atom stereocenters. The lowest BCUT2D eigenvalue weighted by atomic mass is 10.2. The summed E-state index contributed by atoms with van der Waals surface area (Å²) in [5.41, 5.74) is 0.218. The maximum absolute atomic E-state index is 11.8. The standard InChI is InChI=1S/C9H13NO5S2/c1-10(2)17(14,15)9-5-3-4-8(6-9)7-16(11,12)13/h3-6H,7H2,1-2H3,(H,11,12,13). The highest BCUT2D eigenvalue weighted by atomic mass is 32.2. The Morgan fingerprint density at radius 3 is 2.24 bits per heavy atom. The predicted molar refractivity (Wildman–Crippen MR) is 62.6 cm³/mol. The van der Waals surface area contributed by atoms with Gasteiger partial charge in [0.2, 0.25) is 10.0 Å². The molecule has 0 amide bonds. The van der Waals surface area contributed by atoms with Gasteiger partial charge in [-0.2, -0.15) is 8.42 Å². The molecule has 0 aliphatic carbocycles. The molecule has 0 heterocycles.